The van der Waals surface area contributed by atoms with Crippen LogP contribution in [0.15, 0.2) is 41.2 Å². The molecule has 0 atom stereocenters. The highest BCUT2D eigenvalue weighted by Gasteiger charge is 2.37. The van der Waals surface area contributed by atoms with Gasteiger partial charge in [0.2, 0.25) is 5.82 Å². The lowest BCUT2D eigenvalue weighted by molar-refractivity contribution is -0.147. The maximum absolute atomic E-state index is 13.2. The highest BCUT2D eigenvalue weighted by Crippen LogP contribution is 2.28. The molecule has 0 saturated carbocycles. The Morgan fingerprint density at radius 3 is 2.55 bits per heavy atom. The number of aromatic amines is 1. The fourth-order valence-corrected chi connectivity index (χ4v) is 2.36. The Hall–Kier alpha value is -2.57. The lowest BCUT2D eigenvalue weighted by Gasteiger charge is -2.14. The third-order valence-electron chi connectivity index (χ3n) is 3.32. The van der Waals surface area contributed by atoms with E-state index in [4.69, 9.17) is 0 Å². The summed E-state index contributed by atoms with van der Waals surface area (Å²) in [5.41, 5.74) is 0.443. The van der Waals surface area contributed by atoms with E-state index in [9.17, 15) is 18.0 Å². The molecule has 0 bridgehead atoms. The van der Waals surface area contributed by atoms with Crippen molar-refractivity contribution >= 4 is 11.0 Å². The van der Waals surface area contributed by atoms with Crippen LogP contribution in [-0.4, -0.2) is 14.5 Å². The number of nitrogens with one attached hydrogen (secondary N) is 1. The minimum Gasteiger partial charge on any atom is -0.343 e. The SMILES string of the molecule is Cc1cc2c(=O)n(Cc3ccccc3)c(C(F)(F)F)nc2[nH]1. The average Bonchev–Trinajstić information content (AvgIpc) is 2.83. The van der Waals surface area contributed by atoms with Crippen molar-refractivity contribution < 1.29 is 13.2 Å². The second-order valence-electron chi connectivity index (χ2n) is 5.02. The van der Waals surface area contributed by atoms with Crippen molar-refractivity contribution in [2.75, 3.05) is 0 Å². The Kier molecular flexibility index (Phi) is 3.27. The van der Waals surface area contributed by atoms with Crippen molar-refractivity contribution in [1.82, 2.24) is 14.5 Å². The molecule has 114 valence electrons. The molecule has 0 aliphatic carbocycles. The number of hydrogen-bond acceptors (Lipinski definition) is 2. The molecular weight excluding hydrogens is 295 g/mol. The summed E-state index contributed by atoms with van der Waals surface area (Å²) in [5.74, 6) is -1.20. The summed E-state index contributed by atoms with van der Waals surface area (Å²) in [6.07, 6.45) is -4.71. The van der Waals surface area contributed by atoms with Crippen LogP contribution < -0.4 is 5.56 Å². The number of nitrogens with zero attached hydrogens (tertiary/aromatic N) is 2. The zero-order valence-electron chi connectivity index (χ0n) is 11.6. The fraction of sp³-hybridized carbons (Fsp3) is 0.200. The van der Waals surface area contributed by atoms with Gasteiger partial charge in [0.1, 0.15) is 5.65 Å². The molecule has 0 amide bonds. The molecule has 2 aromatic heterocycles. The van der Waals surface area contributed by atoms with E-state index in [2.05, 4.69) is 9.97 Å². The number of fused-ring (bicyclic) bond motifs is 1. The van der Waals surface area contributed by atoms with Crippen LogP contribution >= 0.6 is 0 Å². The van der Waals surface area contributed by atoms with Crippen molar-refractivity contribution in [2.24, 2.45) is 0 Å². The first kappa shape index (κ1) is 14.4. The zero-order valence-corrected chi connectivity index (χ0v) is 11.6. The molecule has 3 aromatic rings. The molecule has 0 saturated heterocycles. The molecule has 0 spiro atoms. The minimum atomic E-state index is -4.71. The van der Waals surface area contributed by atoms with Gasteiger partial charge in [0, 0.05) is 5.69 Å². The summed E-state index contributed by atoms with van der Waals surface area (Å²) in [6, 6.07) is 10.0. The fourth-order valence-electron chi connectivity index (χ4n) is 2.36. The van der Waals surface area contributed by atoms with Gasteiger partial charge in [0.05, 0.1) is 11.9 Å². The summed E-state index contributed by atoms with van der Waals surface area (Å²) in [4.78, 5) is 18.7. The number of hydrogen-bond donors (Lipinski definition) is 1. The zero-order chi connectivity index (χ0) is 15.9. The van der Waals surface area contributed by atoms with Crippen molar-refractivity contribution in [2.45, 2.75) is 19.6 Å². The second kappa shape index (κ2) is 5.01. The maximum Gasteiger partial charge on any atom is 0.449 e. The normalized spacial score (nSPS) is 12.0. The summed E-state index contributed by atoms with van der Waals surface area (Å²) in [5, 5.41) is 0.154. The summed E-state index contributed by atoms with van der Waals surface area (Å²) in [6.45, 7) is 1.48. The van der Waals surface area contributed by atoms with Crippen molar-refractivity contribution in [3.8, 4) is 0 Å². The first-order valence-electron chi connectivity index (χ1n) is 6.57. The molecule has 0 aliphatic heterocycles. The van der Waals surface area contributed by atoms with Crippen molar-refractivity contribution in [1.29, 1.82) is 0 Å². The van der Waals surface area contributed by atoms with E-state index in [1.807, 2.05) is 0 Å². The molecule has 0 fully saturated rings. The number of alkyl halides is 3. The Morgan fingerprint density at radius 1 is 1.23 bits per heavy atom. The van der Waals surface area contributed by atoms with Crippen LogP contribution in [0.5, 0.6) is 0 Å². The predicted octanol–water partition coefficient (Wildman–Crippen LogP) is 3.10. The van der Waals surface area contributed by atoms with E-state index < -0.39 is 17.6 Å². The van der Waals surface area contributed by atoms with Crippen LogP contribution in [0.25, 0.3) is 11.0 Å². The number of aromatic nitrogens is 3. The second-order valence-corrected chi connectivity index (χ2v) is 5.02. The van der Waals surface area contributed by atoms with Gasteiger partial charge in [0.15, 0.2) is 0 Å². The van der Waals surface area contributed by atoms with Gasteiger partial charge in [-0.1, -0.05) is 30.3 Å². The highest BCUT2D eigenvalue weighted by atomic mass is 19.4. The minimum absolute atomic E-state index is 0.0425. The summed E-state index contributed by atoms with van der Waals surface area (Å²) < 4.78 is 40.4. The van der Waals surface area contributed by atoms with Gasteiger partial charge < -0.3 is 4.98 Å². The van der Waals surface area contributed by atoms with Gasteiger partial charge in [-0.2, -0.15) is 13.2 Å². The van der Waals surface area contributed by atoms with Crippen LogP contribution in [-0.2, 0) is 12.7 Å². The Morgan fingerprint density at radius 2 is 1.91 bits per heavy atom. The van der Waals surface area contributed by atoms with Crippen LogP contribution in [0.4, 0.5) is 13.2 Å². The molecule has 1 aromatic carbocycles. The lowest BCUT2D eigenvalue weighted by atomic mass is 10.2. The van der Waals surface area contributed by atoms with E-state index in [0.717, 1.165) is 0 Å². The maximum atomic E-state index is 13.2. The third kappa shape index (κ3) is 2.49. The molecule has 2 heterocycles. The monoisotopic (exact) mass is 307 g/mol. The van der Waals surface area contributed by atoms with E-state index in [1.165, 1.54) is 6.07 Å². The van der Waals surface area contributed by atoms with E-state index in [1.54, 1.807) is 37.3 Å². The van der Waals surface area contributed by atoms with Gasteiger partial charge in [-0.3, -0.25) is 9.36 Å². The number of H-pyrrole nitrogens is 1. The number of halogens is 3. The topological polar surface area (TPSA) is 50.7 Å². The smallest absolute Gasteiger partial charge is 0.343 e. The van der Waals surface area contributed by atoms with E-state index >= 15 is 0 Å². The molecule has 0 radical (unpaired) electrons. The van der Waals surface area contributed by atoms with Gasteiger partial charge >= 0.3 is 6.18 Å². The van der Waals surface area contributed by atoms with Gasteiger partial charge in [-0.05, 0) is 18.6 Å². The van der Waals surface area contributed by atoms with Gasteiger partial charge in [0.25, 0.3) is 5.56 Å². The standard InChI is InChI=1S/C15H12F3N3O/c1-9-7-11-12(19-9)20-14(15(16,17)18)21(13(11)22)8-10-5-3-2-4-6-10/h2-7,19H,8H2,1H3. The third-order valence-corrected chi connectivity index (χ3v) is 3.32. The van der Waals surface area contributed by atoms with E-state index in [-0.39, 0.29) is 17.6 Å². The largest absolute Gasteiger partial charge is 0.449 e. The quantitative estimate of drug-likeness (QED) is 0.791. The van der Waals surface area contributed by atoms with Crippen LogP contribution in [0.1, 0.15) is 17.1 Å². The molecule has 4 nitrogen and oxygen atoms in total. The van der Waals surface area contributed by atoms with Gasteiger partial charge in [-0.15, -0.1) is 0 Å². The Labute approximate surface area is 123 Å². The van der Waals surface area contributed by atoms with Crippen LogP contribution in [0.3, 0.4) is 0 Å². The molecule has 0 unspecified atom stereocenters. The molecule has 0 aliphatic rings. The number of aryl methyl sites for hydroxylation is 1. The van der Waals surface area contributed by atoms with Crippen LogP contribution in [0.2, 0.25) is 0 Å². The molecule has 3 rings (SSSR count). The average molecular weight is 307 g/mol. The number of rotatable bonds is 2. The Bertz CT molecular complexity index is 879. The van der Waals surface area contributed by atoms with Crippen LogP contribution in [0, 0.1) is 6.92 Å². The Balaban J connectivity index is 2.26. The molecular formula is C15H12F3N3O. The molecule has 1 N–H and O–H groups in total. The molecule has 7 heteroatoms. The highest BCUT2D eigenvalue weighted by molar-refractivity contribution is 5.75. The van der Waals surface area contributed by atoms with Gasteiger partial charge in [-0.25, -0.2) is 4.98 Å². The lowest BCUT2D eigenvalue weighted by Crippen LogP contribution is -2.30. The van der Waals surface area contributed by atoms with Crippen molar-refractivity contribution in [3.63, 3.8) is 0 Å². The molecule has 22 heavy (non-hydrogen) atoms. The van der Waals surface area contributed by atoms with E-state index in [0.29, 0.717) is 15.8 Å². The summed E-state index contributed by atoms with van der Waals surface area (Å²) in [7, 11) is 0. The predicted molar refractivity (Wildman–Crippen MR) is 75.6 cm³/mol. The summed E-state index contributed by atoms with van der Waals surface area (Å²) >= 11 is 0. The van der Waals surface area contributed by atoms with Crippen molar-refractivity contribution in [3.05, 3.63) is 63.8 Å². The first-order valence-corrected chi connectivity index (χ1v) is 6.57. The number of benzene rings is 1. The first-order chi connectivity index (χ1) is 10.4.